The van der Waals surface area contributed by atoms with Gasteiger partial charge in [0, 0.05) is 11.3 Å². The average Bonchev–Trinajstić information content (AvgIpc) is 2.48. The van der Waals surface area contributed by atoms with Gasteiger partial charge in [0.2, 0.25) is 0 Å². The number of rotatable bonds is 3. The van der Waals surface area contributed by atoms with Gasteiger partial charge in [-0.3, -0.25) is 10.1 Å². The van der Waals surface area contributed by atoms with Crippen molar-refractivity contribution in [2.75, 3.05) is 16.4 Å². The molecule has 2 amide bonds. The molecule has 1 heterocycles. The summed E-state index contributed by atoms with van der Waals surface area (Å²) in [6.45, 7) is 5.29. The minimum absolute atomic E-state index is 0.115. The van der Waals surface area contributed by atoms with E-state index in [0.29, 0.717) is 16.9 Å². The van der Waals surface area contributed by atoms with Crippen molar-refractivity contribution in [2.45, 2.75) is 26.4 Å². The van der Waals surface area contributed by atoms with E-state index >= 15 is 0 Å². The lowest BCUT2D eigenvalue weighted by atomic mass is 10.2. The first-order valence-corrected chi connectivity index (χ1v) is 7.85. The predicted molar refractivity (Wildman–Crippen MR) is 97.9 cm³/mol. The predicted octanol–water partition coefficient (Wildman–Crippen LogP) is 3.92. The van der Waals surface area contributed by atoms with Crippen molar-refractivity contribution in [1.29, 1.82) is 0 Å². The summed E-state index contributed by atoms with van der Waals surface area (Å²) in [6, 6.07) is 9.51. The molecule has 0 spiro atoms. The monoisotopic (exact) mass is 362 g/mol. The van der Waals surface area contributed by atoms with Crippen LogP contribution in [0, 0.1) is 0 Å². The molecule has 0 aliphatic heterocycles. The molecule has 2 aromatic rings. The van der Waals surface area contributed by atoms with Crippen LogP contribution in [0.5, 0.6) is 0 Å². The van der Waals surface area contributed by atoms with Crippen LogP contribution < -0.4 is 16.4 Å². The van der Waals surface area contributed by atoms with E-state index in [0.717, 1.165) is 0 Å². The zero-order chi connectivity index (χ0) is 18.6. The summed E-state index contributed by atoms with van der Waals surface area (Å²) in [6.07, 6.45) is -0.601. The normalized spacial score (nSPS) is 10.9. The van der Waals surface area contributed by atoms with E-state index < -0.39 is 17.6 Å². The number of hydrogen-bond donors (Lipinski definition) is 3. The van der Waals surface area contributed by atoms with E-state index in [1.807, 2.05) is 0 Å². The maximum atomic E-state index is 12.3. The van der Waals surface area contributed by atoms with Gasteiger partial charge in [0.25, 0.3) is 5.91 Å². The number of nitrogens with zero attached hydrogens (tertiary/aromatic N) is 1. The van der Waals surface area contributed by atoms with Crippen molar-refractivity contribution >= 4 is 40.8 Å². The second-order valence-corrected chi connectivity index (χ2v) is 6.62. The molecule has 0 aliphatic rings. The zero-order valence-electron chi connectivity index (χ0n) is 14.1. The van der Waals surface area contributed by atoms with Crippen LogP contribution in [0.2, 0.25) is 5.15 Å². The average molecular weight is 363 g/mol. The minimum atomic E-state index is -0.613. The summed E-state index contributed by atoms with van der Waals surface area (Å²) >= 11 is 5.73. The van der Waals surface area contributed by atoms with Crippen LogP contribution in [0.1, 0.15) is 31.1 Å². The quantitative estimate of drug-likeness (QED) is 0.717. The summed E-state index contributed by atoms with van der Waals surface area (Å²) in [5.74, 6) is -0.285. The van der Waals surface area contributed by atoms with Crippen molar-refractivity contribution < 1.29 is 14.3 Å². The second-order valence-electron chi connectivity index (χ2n) is 6.23. The van der Waals surface area contributed by atoms with Crippen LogP contribution in [0.25, 0.3) is 0 Å². The van der Waals surface area contributed by atoms with Gasteiger partial charge in [-0.15, -0.1) is 0 Å². The first kappa shape index (κ1) is 18.5. The Balaban J connectivity index is 2.09. The molecule has 0 aliphatic carbocycles. The number of nitrogen functional groups attached to an aromatic ring is 1. The molecule has 0 atom stereocenters. The maximum Gasteiger partial charge on any atom is 0.412 e. The van der Waals surface area contributed by atoms with Crippen LogP contribution in [0.15, 0.2) is 36.4 Å². The molecule has 7 nitrogen and oxygen atoms in total. The van der Waals surface area contributed by atoms with E-state index in [-0.39, 0.29) is 11.0 Å². The number of benzene rings is 1. The van der Waals surface area contributed by atoms with E-state index in [2.05, 4.69) is 15.6 Å². The van der Waals surface area contributed by atoms with Crippen molar-refractivity contribution in [1.82, 2.24) is 4.98 Å². The van der Waals surface area contributed by atoms with Gasteiger partial charge >= 0.3 is 6.09 Å². The van der Waals surface area contributed by atoms with Gasteiger partial charge in [0.05, 0.1) is 5.69 Å². The fourth-order valence-electron chi connectivity index (χ4n) is 1.91. The molecule has 0 saturated carbocycles. The number of nitrogens with two attached hydrogens (primary N) is 1. The molecular formula is C17H19ClN4O3. The Kier molecular flexibility index (Phi) is 5.48. The first-order valence-electron chi connectivity index (χ1n) is 7.47. The van der Waals surface area contributed by atoms with Crippen LogP contribution in [0.3, 0.4) is 0 Å². The third-order valence-corrected chi connectivity index (χ3v) is 3.12. The van der Waals surface area contributed by atoms with Crippen molar-refractivity contribution in [3.8, 4) is 0 Å². The highest BCUT2D eigenvalue weighted by Crippen LogP contribution is 2.20. The SMILES string of the molecule is CC(C)(C)OC(=O)Nc1cccc(C(=O)Nc2ccc(Cl)nc2N)c1. The smallest absolute Gasteiger partial charge is 0.412 e. The van der Waals surface area contributed by atoms with Crippen molar-refractivity contribution in [3.63, 3.8) is 0 Å². The molecule has 0 unspecified atom stereocenters. The highest BCUT2D eigenvalue weighted by Gasteiger charge is 2.17. The molecule has 1 aromatic heterocycles. The van der Waals surface area contributed by atoms with Gasteiger partial charge in [-0.25, -0.2) is 9.78 Å². The second kappa shape index (κ2) is 7.40. The topological polar surface area (TPSA) is 106 Å². The summed E-state index contributed by atoms with van der Waals surface area (Å²) < 4.78 is 5.18. The number of aromatic nitrogens is 1. The number of amides is 2. The number of carbonyl (C=O) groups is 2. The zero-order valence-corrected chi connectivity index (χ0v) is 14.8. The largest absolute Gasteiger partial charge is 0.444 e. The summed E-state index contributed by atoms with van der Waals surface area (Å²) in [7, 11) is 0. The molecule has 2 rings (SSSR count). The van der Waals surface area contributed by atoms with E-state index in [4.69, 9.17) is 22.1 Å². The lowest BCUT2D eigenvalue weighted by Gasteiger charge is -2.19. The maximum absolute atomic E-state index is 12.3. The van der Waals surface area contributed by atoms with Gasteiger partial charge in [0.15, 0.2) is 0 Å². The van der Waals surface area contributed by atoms with Crippen molar-refractivity contribution in [2.24, 2.45) is 0 Å². The highest BCUT2D eigenvalue weighted by atomic mass is 35.5. The summed E-state index contributed by atoms with van der Waals surface area (Å²) in [5.41, 5.74) is 6.22. The Morgan fingerprint density at radius 3 is 2.52 bits per heavy atom. The Bertz CT molecular complexity index is 803. The molecule has 8 heteroatoms. The van der Waals surface area contributed by atoms with Crippen LogP contribution in [0.4, 0.5) is 22.0 Å². The molecule has 132 valence electrons. The number of nitrogens with one attached hydrogen (secondary N) is 2. The Morgan fingerprint density at radius 1 is 1.16 bits per heavy atom. The number of carbonyl (C=O) groups excluding carboxylic acids is 2. The number of halogens is 1. The molecule has 0 radical (unpaired) electrons. The summed E-state index contributed by atoms with van der Waals surface area (Å²) in [4.78, 5) is 28.0. The number of hydrogen-bond acceptors (Lipinski definition) is 5. The number of ether oxygens (including phenoxy) is 1. The minimum Gasteiger partial charge on any atom is -0.444 e. The highest BCUT2D eigenvalue weighted by molar-refractivity contribution is 6.29. The molecule has 0 saturated heterocycles. The Morgan fingerprint density at radius 2 is 1.88 bits per heavy atom. The Labute approximate surface area is 150 Å². The van der Waals surface area contributed by atoms with Gasteiger partial charge in [-0.05, 0) is 51.1 Å². The standard InChI is InChI=1S/C17H19ClN4O3/c1-17(2,3)25-16(24)20-11-6-4-5-10(9-11)15(23)21-12-7-8-13(18)22-14(12)19/h4-9H,1-3H3,(H2,19,22)(H,20,24)(H,21,23). The van der Waals surface area contributed by atoms with Crippen LogP contribution in [-0.4, -0.2) is 22.6 Å². The van der Waals surface area contributed by atoms with E-state index in [9.17, 15) is 9.59 Å². The van der Waals surface area contributed by atoms with Gasteiger partial charge < -0.3 is 15.8 Å². The lowest BCUT2D eigenvalue weighted by molar-refractivity contribution is 0.0635. The number of anilines is 3. The molecule has 1 aromatic carbocycles. The van der Waals surface area contributed by atoms with Gasteiger partial charge in [0.1, 0.15) is 16.6 Å². The van der Waals surface area contributed by atoms with E-state index in [1.165, 1.54) is 12.1 Å². The molecule has 0 bridgehead atoms. The molecular weight excluding hydrogens is 344 g/mol. The molecule has 25 heavy (non-hydrogen) atoms. The van der Waals surface area contributed by atoms with Crippen LogP contribution >= 0.6 is 11.6 Å². The third kappa shape index (κ3) is 5.65. The third-order valence-electron chi connectivity index (χ3n) is 2.91. The van der Waals surface area contributed by atoms with Crippen LogP contribution in [-0.2, 0) is 4.74 Å². The van der Waals surface area contributed by atoms with Gasteiger partial charge in [-0.2, -0.15) is 0 Å². The molecule has 4 N–H and O–H groups in total. The fraction of sp³-hybridized carbons (Fsp3) is 0.235. The van der Waals surface area contributed by atoms with E-state index in [1.54, 1.807) is 45.0 Å². The lowest BCUT2D eigenvalue weighted by Crippen LogP contribution is -2.27. The van der Waals surface area contributed by atoms with Crippen molar-refractivity contribution in [3.05, 3.63) is 47.1 Å². The first-order chi connectivity index (χ1) is 11.6. The Hall–Kier alpha value is -2.80. The molecule has 0 fully saturated rings. The van der Waals surface area contributed by atoms with Gasteiger partial charge in [-0.1, -0.05) is 17.7 Å². The fourth-order valence-corrected chi connectivity index (χ4v) is 2.06. The summed E-state index contributed by atoms with van der Waals surface area (Å²) in [5, 5.41) is 5.46. The number of pyridine rings is 1.